The standard InChI is InChI=1S/C26H25F2NO/c1-17(23-10-6-8-12-25(23)27)14-22(21(5)29-20(4)19(3)16-30)15-18(2)24-11-7-9-13-26(24)28/h6-16,29H,1,5H2,2-4H3/b18-15+,20-19+,22-14+. The van der Waals surface area contributed by atoms with Crippen LogP contribution in [0.1, 0.15) is 31.9 Å². The van der Waals surface area contributed by atoms with Crippen LogP contribution in [0.3, 0.4) is 0 Å². The molecule has 154 valence electrons. The molecule has 0 heterocycles. The van der Waals surface area contributed by atoms with Crippen LogP contribution >= 0.6 is 0 Å². The summed E-state index contributed by atoms with van der Waals surface area (Å²) in [6.45, 7) is 13.2. The van der Waals surface area contributed by atoms with Crippen LogP contribution < -0.4 is 5.32 Å². The first-order chi connectivity index (χ1) is 14.2. The molecule has 30 heavy (non-hydrogen) atoms. The monoisotopic (exact) mass is 405 g/mol. The van der Waals surface area contributed by atoms with Crippen LogP contribution in [-0.2, 0) is 4.79 Å². The molecule has 0 atom stereocenters. The number of nitrogens with one attached hydrogen (secondary N) is 1. The van der Waals surface area contributed by atoms with Crippen molar-refractivity contribution in [1.29, 1.82) is 0 Å². The van der Waals surface area contributed by atoms with Crippen LogP contribution in [0.4, 0.5) is 8.78 Å². The molecule has 0 aliphatic rings. The normalized spacial score (nSPS) is 12.8. The number of carbonyl (C=O) groups excluding carboxylic acids is 1. The van der Waals surface area contributed by atoms with Gasteiger partial charge in [-0.2, -0.15) is 0 Å². The lowest BCUT2D eigenvalue weighted by atomic mass is 9.98. The maximum atomic E-state index is 14.2. The molecular weight excluding hydrogens is 380 g/mol. The molecule has 0 aliphatic carbocycles. The molecule has 2 aromatic rings. The molecule has 0 bridgehead atoms. The van der Waals surface area contributed by atoms with E-state index in [0.717, 1.165) is 6.29 Å². The number of carbonyl (C=O) groups is 1. The Morgan fingerprint density at radius 1 is 0.867 bits per heavy atom. The van der Waals surface area contributed by atoms with Gasteiger partial charge in [0.2, 0.25) is 0 Å². The first-order valence-corrected chi connectivity index (χ1v) is 9.42. The molecule has 0 saturated carbocycles. The third-order valence-electron chi connectivity index (χ3n) is 4.68. The van der Waals surface area contributed by atoms with Crippen LogP contribution in [0.2, 0.25) is 0 Å². The number of hydrogen-bond acceptors (Lipinski definition) is 2. The number of aldehydes is 1. The molecule has 1 N–H and O–H groups in total. The van der Waals surface area contributed by atoms with Gasteiger partial charge in [-0.1, -0.05) is 49.6 Å². The van der Waals surface area contributed by atoms with Gasteiger partial charge in [-0.05, 0) is 61.8 Å². The molecule has 2 rings (SSSR count). The average molecular weight is 405 g/mol. The second kappa shape index (κ2) is 10.3. The van der Waals surface area contributed by atoms with E-state index in [-0.39, 0.29) is 11.6 Å². The zero-order valence-corrected chi connectivity index (χ0v) is 17.4. The number of rotatable bonds is 8. The van der Waals surface area contributed by atoms with Crippen molar-refractivity contribution >= 4 is 17.4 Å². The van der Waals surface area contributed by atoms with E-state index < -0.39 is 0 Å². The number of benzene rings is 2. The van der Waals surface area contributed by atoms with Crippen molar-refractivity contribution in [2.75, 3.05) is 0 Å². The van der Waals surface area contributed by atoms with Gasteiger partial charge in [0.15, 0.2) is 0 Å². The summed E-state index contributed by atoms with van der Waals surface area (Å²) < 4.78 is 28.4. The highest BCUT2D eigenvalue weighted by Gasteiger charge is 2.10. The van der Waals surface area contributed by atoms with Gasteiger partial charge < -0.3 is 5.32 Å². The second-order valence-electron chi connectivity index (χ2n) is 6.94. The minimum absolute atomic E-state index is 0.343. The van der Waals surface area contributed by atoms with Crippen molar-refractivity contribution in [2.24, 2.45) is 0 Å². The Bertz CT molecular complexity index is 1070. The zero-order valence-electron chi connectivity index (χ0n) is 17.4. The summed E-state index contributed by atoms with van der Waals surface area (Å²) in [5.74, 6) is -0.732. The highest BCUT2D eigenvalue weighted by molar-refractivity contribution is 5.78. The summed E-state index contributed by atoms with van der Waals surface area (Å²) in [5.41, 5.74) is 4.13. The Kier molecular flexibility index (Phi) is 7.82. The van der Waals surface area contributed by atoms with Crippen LogP contribution in [0, 0.1) is 11.6 Å². The van der Waals surface area contributed by atoms with E-state index in [9.17, 15) is 13.6 Å². The molecule has 2 nitrogen and oxygen atoms in total. The molecule has 0 spiro atoms. The van der Waals surface area contributed by atoms with Gasteiger partial charge in [0, 0.05) is 28.1 Å². The predicted molar refractivity (Wildman–Crippen MR) is 120 cm³/mol. The molecule has 4 heteroatoms. The molecular formula is C26H25F2NO. The van der Waals surface area contributed by atoms with E-state index in [1.807, 2.05) is 0 Å². The summed E-state index contributed by atoms with van der Waals surface area (Å²) >= 11 is 0. The summed E-state index contributed by atoms with van der Waals surface area (Å²) in [6.07, 6.45) is 4.18. The smallest absolute Gasteiger partial charge is 0.147 e. The van der Waals surface area contributed by atoms with Crippen LogP contribution in [-0.4, -0.2) is 6.29 Å². The average Bonchev–Trinajstić information content (AvgIpc) is 2.72. The number of hydrogen-bond donors (Lipinski definition) is 1. The molecule has 0 aliphatic heterocycles. The minimum Gasteiger partial charge on any atom is -0.359 e. The Morgan fingerprint density at radius 2 is 1.40 bits per heavy atom. The summed E-state index contributed by atoms with van der Waals surface area (Å²) in [7, 11) is 0. The highest BCUT2D eigenvalue weighted by Crippen LogP contribution is 2.25. The fourth-order valence-corrected chi connectivity index (χ4v) is 2.78. The van der Waals surface area contributed by atoms with Gasteiger partial charge >= 0.3 is 0 Å². The Labute approximate surface area is 176 Å². The van der Waals surface area contributed by atoms with Crippen molar-refractivity contribution in [2.45, 2.75) is 20.8 Å². The van der Waals surface area contributed by atoms with Gasteiger partial charge in [-0.15, -0.1) is 0 Å². The summed E-state index contributed by atoms with van der Waals surface area (Å²) in [6, 6.07) is 12.8. The van der Waals surface area contributed by atoms with Gasteiger partial charge in [0.25, 0.3) is 0 Å². The second-order valence-corrected chi connectivity index (χ2v) is 6.94. The highest BCUT2D eigenvalue weighted by atomic mass is 19.1. The molecule has 0 fully saturated rings. The SMILES string of the molecule is C=C(N/C(C)=C(\C)C=O)C(=C/C(=C)c1ccccc1F)/C=C(\C)c1ccccc1F. The van der Waals surface area contributed by atoms with E-state index in [2.05, 4.69) is 18.5 Å². The third kappa shape index (κ3) is 5.74. The fraction of sp³-hybridized carbons (Fsp3) is 0.115. The van der Waals surface area contributed by atoms with Crippen molar-refractivity contribution in [1.82, 2.24) is 5.32 Å². The number of halogens is 2. The largest absolute Gasteiger partial charge is 0.359 e. The molecule has 2 aromatic carbocycles. The minimum atomic E-state index is -0.389. The number of allylic oxidation sites excluding steroid dienone is 6. The molecule has 0 aromatic heterocycles. The van der Waals surface area contributed by atoms with Gasteiger partial charge in [0.1, 0.15) is 17.9 Å². The third-order valence-corrected chi connectivity index (χ3v) is 4.68. The van der Waals surface area contributed by atoms with E-state index >= 15 is 0 Å². The van der Waals surface area contributed by atoms with E-state index in [1.165, 1.54) is 12.1 Å². The fourth-order valence-electron chi connectivity index (χ4n) is 2.78. The first kappa shape index (κ1) is 22.8. The van der Waals surface area contributed by atoms with Gasteiger partial charge in [-0.3, -0.25) is 4.79 Å². The Hall–Kier alpha value is -3.53. The first-order valence-electron chi connectivity index (χ1n) is 9.42. The van der Waals surface area contributed by atoms with Crippen molar-refractivity contribution in [3.8, 4) is 0 Å². The summed E-state index contributed by atoms with van der Waals surface area (Å²) in [5, 5.41) is 3.09. The predicted octanol–water partition coefficient (Wildman–Crippen LogP) is 6.60. The molecule has 0 radical (unpaired) electrons. The quantitative estimate of drug-likeness (QED) is 0.304. The maximum absolute atomic E-state index is 14.2. The van der Waals surface area contributed by atoms with Crippen LogP contribution in [0.5, 0.6) is 0 Å². The zero-order chi connectivity index (χ0) is 22.3. The topological polar surface area (TPSA) is 29.1 Å². The Balaban J connectivity index is 2.52. The lowest BCUT2D eigenvalue weighted by Gasteiger charge is -2.15. The lowest BCUT2D eigenvalue weighted by molar-refractivity contribution is -0.104. The molecule has 0 saturated heterocycles. The van der Waals surface area contributed by atoms with Gasteiger partial charge in [-0.25, -0.2) is 8.78 Å². The van der Waals surface area contributed by atoms with Crippen LogP contribution in [0.25, 0.3) is 11.1 Å². The van der Waals surface area contributed by atoms with Crippen molar-refractivity contribution in [3.63, 3.8) is 0 Å². The maximum Gasteiger partial charge on any atom is 0.147 e. The molecule has 0 unspecified atom stereocenters. The van der Waals surface area contributed by atoms with Crippen LogP contribution in [0.15, 0.2) is 96.4 Å². The van der Waals surface area contributed by atoms with E-state index in [0.29, 0.717) is 44.8 Å². The van der Waals surface area contributed by atoms with Gasteiger partial charge in [0.05, 0.1) is 0 Å². The molecule has 0 amide bonds. The van der Waals surface area contributed by atoms with Crippen molar-refractivity contribution in [3.05, 3.63) is 119 Å². The lowest BCUT2D eigenvalue weighted by Crippen LogP contribution is -2.13. The summed E-state index contributed by atoms with van der Waals surface area (Å²) in [4.78, 5) is 11.0. The van der Waals surface area contributed by atoms with E-state index in [1.54, 1.807) is 69.3 Å². The van der Waals surface area contributed by atoms with Crippen molar-refractivity contribution < 1.29 is 13.6 Å². The van der Waals surface area contributed by atoms with E-state index in [4.69, 9.17) is 0 Å². The Morgan fingerprint density at radius 3 is 1.93 bits per heavy atom.